The number of hydrogen-bond acceptors (Lipinski definition) is 2. The van der Waals surface area contributed by atoms with E-state index in [0.29, 0.717) is 23.0 Å². The summed E-state index contributed by atoms with van der Waals surface area (Å²) in [5, 5.41) is 18.4. The molecule has 0 heterocycles. The zero-order valence-corrected chi connectivity index (χ0v) is 15.3. The van der Waals surface area contributed by atoms with Gasteiger partial charge in [-0.25, -0.2) is 9.18 Å². The molecule has 4 heteroatoms. The van der Waals surface area contributed by atoms with E-state index >= 15 is 0 Å². The van der Waals surface area contributed by atoms with Crippen molar-refractivity contribution in [2.75, 3.05) is 0 Å². The van der Waals surface area contributed by atoms with Gasteiger partial charge >= 0.3 is 5.97 Å². The summed E-state index contributed by atoms with van der Waals surface area (Å²) in [7, 11) is 0. The summed E-state index contributed by atoms with van der Waals surface area (Å²) >= 11 is 0. The summed E-state index contributed by atoms with van der Waals surface area (Å²) in [5.74, 6) is -0.672. The van der Waals surface area contributed by atoms with Crippen molar-refractivity contribution in [3.63, 3.8) is 0 Å². The van der Waals surface area contributed by atoms with Gasteiger partial charge in [-0.15, -0.1) is 0 Å². The maximum absolute atomic E-state index is 14.1. The highest BCUT2D eigenvalue weighted by Crippen LogP contribution is 2.38. The van der Waals surface area contributed by atoms with Gasteiger partial charge in [0.25, 0.3) is 0 Å². The number of halogens is 1. The van der Waals surface area contributed by atoms with Crippen LogP contribution >= 0.6 is 0 Å². The summed E-state index contributed by atoms with van der Waals surface area (Å²) in [4.78, 5) is 11.7. The summed E-state index contributed by atoms with van der Waals surface area (Å²) in [6.07, 6.45) is 8.72. The maximum atomic E-state index is 14.1. The van der Waals surface area contributed by atoms with Gasteiger partial charge in [0.05, 0.1) is 11.1 Å². The molecule has 1 fully saturated rings. The van der Waals surface area contributed by atoms with E-state index in [1.54, 1.807) is 18.2 Å². The third kappa shape index (κ3) is 4.09. The van der Waals surface area contributed by atoms with Crippen LogP contribution in [0, 0.1) is 23.1 Å². The van der Waals surface area contributed by atoms with E-state index in [4.69, 9.17) is 5.26 Å². The number of nitriles is 1. The van der Waals surface area contributed by atoms with E-state index in [1.807, 2.05) is 19.1 Å². The van der Waals surface area contributed by atoms with Crippen molar-refractivity contribution >= 4 is 5.97 Å². The Hall–Kier alpha value is -2.93. The largest absolute Gasteiger partial charge is 0.478 e. The fraction of sp³-hybridized carbons (Fsp3) is 0.304. The first-order valence-corrected chi connectivity index (χ1v) is 9.23. The van der Waals surface area contributed by atoms with E-state index in [0.717, 1.165) is 31.2 Å². The molecule has 1 saturated carbocycles. The lowest BCUT2D eigenvalue weighted by atomic mass is 9.78. The van der Waals surface area contributed by atoms with Gasteiger partial charge in [0.15, 0.2) is 0 Å². The average molecular weight is 363 g/mol. The van der Waals surface area contributed by atoms with Gasteiger partial charge < -0.3 is 5.11 Å². The highest BCUT2D eigenvalue weighted by Gasteiger charge is 2.23. The van der Waals surface area contributed by atoms with Gasteiger partial charge in [0, 0.05) is 0 Å². The second kappa shape index (κ2) is 8.18. The van der Waals surface area contributed by atoms with Crippen LogP contribution in [-0.4, -0.2) is 11.1 Å². The predicted molar refractivity (Wildman–Crippen MR) is 103 cm³/mol. The topological polar surface area (TPSA) is 61.1 Å². The van der Waals surface area contributed by atoms with E-state index in [-0.39, 0.29) is 11.1 Å². The number of benzene rings is 2. The second-order valence-electron chi connectivity index (χ2n) is 7.05. The maximum Gasteiger partial charge on any atom is 0.336 e. The number of nitrogens with zero attached hydrogens (tertiary/aromatic N) is 1. The van der Waals surface area contributed by atoms with E-state index in [2.05, 4.69) is 12.2 Å². The zero-order chi connectivity index (χ0) is 19.4. The van der Waals surface area contributed by atoms with E-state index in [1.165, 1.54) is 12.1 Å². The van der Waals surface area contributed by atoms with Crippen LogP contribution in [0.5, 0.6) is 0 Å². The standard InChI is InChI=1S/C23H22FNO2/c1-2-3-15-4-6-16(7-5-15)17-10-11-20(23(26)27)21(12-17)18-8-9-19(14-25)22(24)13-18/h2-3,8-13,15-16H,4-7H2,1H3,(H,26,27)/b3-2+/t15-,16-. The lowest BCUT2D eigenvalue weighted by Crippen LogP contribution is -2.12. The zero-order valence-electron chi connectivity index (χ0n) is 15.3. The first-order chi connectivity index (χ1) is 13.0. The number of carboxylic acid groups (broad SMARTS) is 1. The molecule has 1 aliphatic rings. The molecule has 2 aromatic rings. The summed E-state index contributed by atoms with van der Waals surface area (Å²) in [5.41, 5.74) is 2.17. The van der Waals surface area contributed by atoms with Crippen LogP contribution in [0.3, 0.4) is 0 Å². The van der Waals surface area contributed by atoms with E-state index < -0.39 is 11.8 Å². The fourth-order valence-electron chi connectivity index (χ4n) is 3.93. The second-order valence-corrected chi connectivity index (χ2v) is 7.05. The minimum Gasteiger partial charge on any atom is -0.478 e. The number of hydrogen-bond donors (Lipinski definition) is 1. The molecular weight excluding hydrogens is 341 g/mol. The Labute approximate surface area is 158 Å². The van der Waals surface area contributed by atoms with Crippen LogP contribution in [0.2, 0.25) is 0 Å². The van der Waals surface area contributed by atoms with Crippen molar-refractivity contribution in [2.24, 2.45) is 5.92 Å². The summed E-state index contributed by atoms with van der Waals surface area (Å²) < 4.78 is 14.1. The first kappa shape index (κ1) is 18.8. The van der Waals surface area contributed by atoms with Crippen LogP contribution in [0.25, 0.3) is 11.1 Å². The predicted octanol–water partition coefficient (Wildman–Crippen LogP) is 5.91. The Morgan fingerprint density at radius 2 is 1.93 bits per heavy atom. The Morgan fingerprint density at radius 3 is 2.52 bits per heavy atom. The number of carboxylic acids is 1. The molecule has 138 valence electrons. The Kier molecular flexibility index (Phi) is 5.71. The minimum atomic E-state index is -1.04. The summed E-state index contributed by atoms with van der Waals surface area (Å²) in [6.45, 7) is 2.04. The number of allylic oxidation sites excluding steroid dienone is 2. The van der Waals surface area contributed by atoms with E-state index in [9.17, 15) is 14.3 Å². The molecule has 0 radical (unpaired) electrons. The molecule has 3 nitrogen and oxygen atoms in total. The average Bonchev–Trinajstić information content (AvgIpc) is 2.68. The molecule has 0 aromatic heterocycles. The molecule has 0 spiro atoms. The molecule has 1 aliphatic carbocycles. The minimum absolute atomic E-state index is 0.0471. The molecule has 0 saturated heterocycles. The first-order valence-electron chi connectivity index (χ1n) is 9.23. The Morgan fingerprint density at radius 1 is 1.19 bits per heavy atom. The SMILES string of the molecule is C/C=C/[C@H]1CC[C@H](c2ccc(C(=O)O)c(-c3ccc(C#N)c(F)c3)c2)CC1. The molecule has 0 unspecified atom stereocenters. The van der Waals surface area contributed by atoms with Crippen molar-refractivity contribution in [3.05, 3.63) is 71.1 Å². The molecule has 1 N–H and O–H groups in total. The van der Waals surface area contributed by atoms with Crippen molar-refractivity contribution < 1.29 is 14.3 Å². The lowest BCUT2D eigenvalue weighted by molar-refractivity contribution is 0.0697. The lowest BCUT2D eigenvalue weighted by Gasteiger charge is -2.27. The van der Waals surface area contributed by atoms with Crippen LogP contribution in [-0.2, 0) is 0 Å². The monoisotopic (exact) mass is 363 g/mol. The van der Waals surface area contributed by atoms with Gasteiger partial charge in [-0.05, 0) is 79.3 Å². The van der Waals surface area contributed by atoms with Crippen LogP contribution in [0.15, 0.2) is 48.6 Å². The molecule has 0 aliphatic heterocycles. The quantitative estimate of drug-likeness (QED) is 0.687. The van der Waals surface area contributed by atoms with Gasteiger partial charge in [-0.2, -0.15) is 5.26 Å². The molecule has 0 bridgehead atoms. The Bertz CT molecular complexity index is 918. The fourth-order valence-corrected chi connectivity index (χ4v) is 3.93. The van der Waals surface area contributed by atoms with Crippen molar-refractivity contribution in [3.8, 4) is 17.2 Å². The number of carbonyl (C=O) groups is 1. The Balaban J connectivity index is 1.96. The molecule has 0 atom stereocenters. The third-order valence-electron chi connectivity index (χ3n) is 5.38. The van der Waals surface area contributed by atoms with Gasteiger partial charge in [-0.3, -0.25) is 0 Å². The number of aromatic carboxylic acids is 1. The number of rotatable bonds is 4. The highest BCUT2D eigenvalue weighted by molar-refractivity contribution is 5.96. The summed E-state index contributed by atoms with van der Waals surface area (Å²) in [6, 6.07) is 11.4. The molecule has 27 heavy (non-hydrogen) atoms. The van der Waals surface area contributed by atoms with Gasteiger partial charge in [0.1, 0.15) is 11.9 Å². The molecule has 0 amide bonds. The smallest absolute Gasteiger partial charge is 0.336 e. The van der Waals surface area contributed by atoms with Crippen molar-refractivity contribution in [1.29, 1.82) is 5.26 Å². The molecular formula is C23H22FNO2. The highest BCUT2D eigenvalue weighted by atomic mass is 19.1. The van der Waals surface area contributed by atoms with Gasteiger partial charge in [0.2, 0.25) is 0 Å². The molecule has 3 rings (SSSR count). The normalized spacial score (nSPS) is 19.7. The van der Waals surface area contributed by atoms with Gasteiger partial charge in [-0.1, -0.05) is 30.4 Å². The molecule has 2 aromatic carbocycles. The van der Waals surface area contributed by atoms with Crippen LogP contribution in [0.1, 0.15) is 60.0 Å². The van der Waals surface area contributed by atoms with Crippen LogP contribution < -0.4 is 0 Å². The third-order valence-corrected chi connectivity index (χ3v) is 5.38. The van der Waals surface area contributed by atoms with Crippen molar-refractivity contribution in [2.45, 2.75) is 38.5 Å². The van der Waals surface area contributed by atoms with Crippen molar-refractivity contribution in [1.82, 2.24) is 0 Å². The van der Waals surface area contributed by atoms with Crippen LogP contribution in [0.4, 0.5) is 4.39 Å².